The van der Waals surface area contributed by atoms with Gasteiger partial charge >= 0.3 is 0 Å². The molecule has 26 heavy (non-hydrogen) atoms. The molecule has 2 aromatic rings. The second kappa shape index (κ2) is 7.44. The fourth-order valence-electron chi connectivity index (χ4n) is 2.76. The molecular formula is C14H16ClN7O4. The summed E-state index contributed by atoms with van der Waals surface area (Å²) < 4.78 is 4.62. The number of anilines is 2. The van der Waals surface area contributed by atoms with Crippen LogP contribution in [0.2, 0.25) is 5.02 Å². The van der Waals surface area contributed by atoms with E-state index in [1.807, 2.05) is 9.80 Å². The van der Waals surface area contributed by atoms with E-state index in [9.17, 15) is 10.1 Å². The van der Waals surface area contributed by atoms with E-state index in [4.69, 9.17) is 22.2 Å². The summed E-state index contributed by atoms with van der Waals surface area (Å²) >= 11 is 5.88. The third kappa shape index (κ3) is 3.47. The molecule has 0 bridgehead atoms. The predicted molar refractivity (Wildman–Crippen MR) is 94.1 cm³/mol. The molecule has 2 heterocycles. The minimum absolute atomic E-state index is 0.0262. The van der Waals surface area contributed by atoms with Gasteiger partial charge in [-0.3, -0.25) is 10.1 Å². The van der Waals surface area contributed by atoms with Crippen molar-refractivity contribution in [3.8, 4) is 0 Å². The molecule has 0 radical (unpaired) electrons. The van der Waals surface area contributed by atoms with Gasteiger partial charge in [0, 0.05) is 37.3 Å². The van der Waals surface area contributed by atoms with Crippen LogP contribution in [-0.2, 0) is 4.84 Å². The van der Waals surface area contributed by atoms with Gasteiger partial charge in [-0.05, 0) is 22.4 Å². The van der Waals surface area contributed by atoms with Crippen LogP contribution in [0.25, 0.3) is 0 Å². The highest BCUT2D eigenvalue weighted by molar-refractivity contribution is 6.30. The van der Waals surface area contributed by atoms with Crippen molar-refractivity contribution in [2.24, 2.45) is 5.16 Å². The smallest absolute Gasteiger partial charge is 0.294 e. The van der Waals surface area contributed by atoms with Crippen LogP contribution in [0.3, 0.4) is 0 Å². The molecule has 0 aliphatic carbocycles. The first-order chi connectivity index (χ1) is 12.5. The largest absolute Gasteiger partial charge is 0.397 e. The molecule has 1 saturated heterocycles. The average molecular weight is 382 g/mol. The maximum Gasteiger partial charge on any atom is 0.294 e. The number of rotatable bonds is 4. The molecule has 1 fully saturated rings. The van der Waals surface area contributed by atoms with Gasteiger partial charge in [0.2, 0.25) is 5.84 Å². The fourth-order valence-corrected chi connectivity index (χ4v) is 2.92. The summed E-state index contributed by atoms with van der Waals surface area (Å²) in [5.74, 6) is 0.507. The Balaban J connectivity index is 1.78. The lowest BCUT2D eigenvalue weighted by molar-refractivity contribution is -0.384. The van der Waals surface area contributed by atoms with Crippen molar-refractivity contribution in [3.05, 3.63) is 39.0 Å². The molecule has 0 saturated carbocycles. The average Bonchev–Trinajstić information content (AvgIpc) is 3.05. The standard InChI is InChI=1S/C14H16ClN7O4/c1-25-19-14(12-13(16)18-26-17-12)21-6-4-20(5-7-21)10-3-2-9(15)8-11(10)22(23)24/h2-3,8H,4-7H2,1H3,(H2,16,18). The summed E-state index contributed by atoms with van der Waals surface area (Å²) in [6.45, 7) is 2.09. The molecule has 1 aliphatic rings. The van der Waals surface area contributed by atoms with Crippen molar-refractivity contribution >= 4 is 34.6 Å². The van der Waals surface area contributed by atoms with Crippen molar-refractivity contribution in [1.29, 1.82) is 0 Å². The van der Waals surface area contributed by atoms with Crippen LogP contribution in [0, 0.1) is 10.1 Å². The summed E-state index contributed by atoms with van der Waals surface area (Å²) in [6, 6.07) is 4.64. The molecule has 3 rings (SSSR count). The highest BCUT2D eigenvalue weighted by Gasteiger charge is 2.28. The number of nitrogen functional groups attached to an aromatic ring is 1. The summed E-state index contributed by atoms with van der Waals surface area (Å²) in [4.78, 5) is 19.6. The highest BCUT2D eigenvalue weighted by atomic mass is 35.5. The summed E-state index contributed by atoms with van der Waals surface area (Å²) in [7, 11) is 1.41. The van der Waals surface area contributed by atoms with E-state index < -0.39 is 4.92 Å². The first-order valence-corrected chi connectivity index (χ1v) is 8.02. The Morgan fingerprint density at radius 2 is 2.12 bits per heavy atom. The molecule has 0 spiro atoms. The van der Waals surface area contributed by atoms with Gasteiger partial charge in [-0.25, -0.2) is 4.63 Å². The quantitative estimate of drug-likeness (QED) is 0.360. The first-order valence-electron chi connectivity index (χ1n) is 7.64. The maximum absolute atomic E-state index is 11.3. The van der Waals surface area contributed by atoms with Crippen LogP contribution < -0.4 is 10.6 Å². The number of nitrogens with two attached hydrogens (primary N) is 1. The number of benzene rings is 1. The molecule has 138 valence electrons. The minimum Gasteiger partial charge on any atom is -0.397 e. The molecule has 1 aromatic carbocycles. The van der Waals surface area contributed by atoms with Gasteiger partial charge in [0.15, 0.2) is 11.5 Å². The Morgan fingerprint density at radius 1 is 1.38 bits per heavy atom. The van der Waals surface area contributed by atoms with Crippen LogP contribution in [-0.4, -0.2) is 59.3 Å². The maximum atomic E-state index is 11.3. The normalized spacial score (nSPS) is 15.2. The number of hydrogen-bond donors (Lipinski definition) is 1. The van der Waals surface area contributed by atoms with E-state index in [1.165, 1.54) is 13.2 Å². The molecule has 0 atom stereocenters. The van der Waals surface area contributed by atoms with E-state index in [1.54, 1.807) is 12.1 Å². The van der Waals surface area contributed by atoms with Gasteiger partial charge in [0.1, 0.15) is 12.8 Å². The fraction of sp³-hybridized carbons (Fsp3) is 0.357. The van der Waals surface area contributed by atoms with E-state index >= 15 is 0 Å². The zero-order valence-corrected chi connectivity index (χ0v) is 14.6. The van der Waals surface area contributed by atoms with Crippen molar-refractivity contribution in [2.45, 2.75) is 0 Å². The lowest BCUT2D eigenvalue weighted by atomic mass is 10.2. The van der Waals surface area contributed by atoms with E-state index in [-0.39, 0.29) is 17.2 Å². The van der Waals surface area contributed by atoms with Gasteiger partial charge < -0.3 is 20.4 Å². The third-order valence-corrected chi connectivity index (χ3v) is 4.19. The molecule has 0 unspecified atom stereocenters. The second-order valence-electron chi connectivity index (χ2n) is 5.46. The van der Waals surface area contributed by atoms with Crippen molar-refractivity contribution < 1.29 is 14.4 Å². The van der Waals surface area contributed by atoms with E-state index in [0.29, 0.717) is 42.7 Å². The number of amidine groups is 1. The number of nitrogens with zero attached hydrogens (tertiary/aromatic N) is 6. The van der Waals surface area contributed by atoms with Crippen LogP contribution in [0.1, 0.15) is 5.69 Å². The molecule has 2 N–H and O–H groups in total. The summed E-state index contributed by atoms with van der Waals surface area (Å²) in [6.07, 6.45) is 0. The van der Waals surface area contributed by atoms with Gasteiger partial charge in [-0.1, -0.05) is 16.8 Å². The third-order valence-electron chi connectivity index (χ3n) is 3.96. The summed E-state index contributed by atoms with van der Waals surface area (Å²) in [5, 5.41) is 22.9. The van der Waals surface area contributed by atoms with Crippen molar-refractivity contribution in [2.75, 3.05) is 43.9 Å². The second-order valence-corrected chi connectivity index (χ2v) is 5.90. The Kier molecular flexibility index (Phi) is 5.07. The van der Waals surface area contributed by atoms with Crippen molar-refractivity contribution in [3.63, 3.8) is 0 Å². The van der Waals surface area contributed by atoms with Crippen LogP contribution in [0.15, 0.2) is 28.0 Å². The number of nitro groups is 1. The Bertz CT molecular complexity index is 832. The molecule has 0 amide bonds. The Labute approximate surface area is 153 Å². The lowest BCUT2D eigenvalue weighted by Gasteiger charge is -2.36. The highest BCUT2D eigenvalue weighted by Crippen LogP contribution is 2.31. The van der Waals surface area contributed by atoms with Crippen LogP contribution in [0.5, 0.6) is 0 Å². The lowest BCUT2D eigenvalue weighted by Crippen LogP contribution is -2.49. The van der Waals surface area contributed by atoms with E-state index in [2.05, 4.69) is 20.1 Å². The van der Waals surface area contributed by atoms with Crippen LogP contribution >= 0.6 is 11.6 Å². The minimum atomic E-state index is -0.437. The number of piperazine rings is 1. The van der Waals surface area contributed by atoms with Crippen molar-refractivity contribution in [1.82, 2.24) is 15.2 Å². The van der Waals surface area contributed by atoms with Gasteiger partial charge in [-0.2, -0.15) is 0 Å². The first kappa shape index (κ1) is 17.7. The van der Waals surface area contributed by atoms with Gasteiger partial charge in [0.25, 0.3) is 5.69 Å². The SMILES string of the molecule is CON=C(c1nonc1N)N1CCN(c2ccc(Cl)cc2[N+](=O)[O-])CC1. The number of nitro benzene ring substituents is 1. The Hall–Kier alpha value is -3.08. The van der Waals surface area contributed by atoms with E-state index in [0.717, 1.165) is 0 Å². The molecule has 12 heteroatoms. The monoisotopic (exact) mass is 381 g/mol. The van der Waals surface area contributed by atoms with Gasteiger partial charge in [-0.15, -0.1) is 0 Å². The summed E-state index contributed by atoms with van der Waals surface area (Å²) in [5.41, 5.74) is 6.52. The zero-order valence-electron chi connectivity index (χ0n) is 13.8. The number of oxime groups is 1. The van der Waals surface area contributed by atoms with Crippen LogP contribution in [0.4, 0.5) is 17.2 Å². The topological polar surface area (TPSA) is 136 Å². The number of hydrogen-bond acceptors (Lipinski definition) is 9. The predicted octanol–water partition coefficient (Wildman–Crippen LogP) is 1.34. The van der Waals surface area contributed by atoms with Gasteiger partial charge in [0.05, 0.1) is 4.92 Å². The number of aromatic nitrogens is 2. The Morgan fingerprint density at radius 3 is 2.69 bits per heavy atom. The number of halogens is 1. The molecule has 1 aliphatic heterocycles. The molecule has 1 aromatic heterocycles. The zero-order chi connectivity index (χ0) is 18.7. The molecular weight excluding hydrogens is 366 g/mol. The molecule has 11 nitrogen and oxygen atoms in total.